The molecular weight excluding hydrogens is 384 g/mol. The van der Waals surface area contributed by atoms with Gasteiger partial charge in [-0.3, -0.25) is 0 Å². The normalized spacial score (nSPS) is 14.3. The van der Waals surface area contributed by atoms with Crippen molar-refractivity contribution < 1.29 is 4.42 Å². The average Bonchev–Trinajstić information content (AvgIpc) is 3.24. The maximum absolute atomic E-state index is 5.78. The van der Waals surface area contributed by atoms with Crippen molar-refractivity contribution in [1.29, 1.82) is 0 Å². The van der Waals surface area contributed by atoms with E-state index in [9.17, 15) is 0 Å². The second kappa shape index (κ2) is 6.51. The van der Waals surface area contributed by atoms with Crippen LogP contribution in [0.2, 0.25) is 0 Å². The van der Waals surface area contributed by atoms with Gasteiger partial charge in [-0.15, -0.1) is 0 Å². The molecule has 150 valence electrons. The molecule has 0 fully saturated rings. The minimum atomic E-state index is -0.0676. The van der Waals surface area contributed by atoms with E-state index >= 15 is 0 Å². The molecule has 1 aliphatic heterocycles. The molecule has 0 N–H and O–H groups in total. The number of hydrogen-bond acceptors (Lipinski definition) is 5. The molecule has 0 aliphatic carbocycles. The van der Waals surface area contributed by atoms with Crippen LogP contribution in [0.3, 0.4) is 0 Å². The third-order valence-corrected chi connectivity index (χ3v) is 6.06. The summed E-state index contributed by atoms with van der Waals surface area (Å²) < 4.78 is 5.78. The van der Waals surface area contributed by atoms with Crippen molar-refractivity contribution in [1.82, 2.24) is 15.0 Å². The Kier molecular flexibility index (Phi) is 3.74. The number of benzene rings is 3. The molecule has 0 unspecified atom stereocenters. The van der Waals surface area contributed by atoms with Crippen LogP contribution >= 0.6 is 0 Å². The topological polar surface area (TPSA) is 55.1 Å². The van der Waals surface area contributed by atoms with Gasteiger partial charge >= 0.3 is 0 Å². The highest BCUT2D eigenvalue weighted by Crippen LogP contribution is 2.51. The molecule has 6 rings (SSSR count). The zero-order valence-corrected chi connectivity index (χ0v) is 17.3. The lowest BCUT2D eigenvalue weighted by atomic mass is 9.73. The standard InChI is InChI=1S/C26H20N4O/c1-26(2)19-7-3-5-9-21(19)30(22-10-6-4-8-20(22)26)18-13-11-17(12-14-18)24-29-23-25(31-24)28-16-15-27-23/h3-16H,1-2H3. The summed E-state index contributed by atoms with van der Waals surface area (Å²) in [7, 11) is 0. The summed E-state index contributed by atoms with van der Waals surface area (Å²) in [4.78, 5) is 15.2. The van der Waals surface area contributed by atoms with Gasteiger partial charge in [-0.1, -0.05) is 50.2 Å². The van der Waals surface area contributed by atoms with E-state index in [1.165, 1.54) is 22.5 Å². The highest BCUT2D eigenvalue weighted by atomic mass is 16.4. The number of rotatable bonds is 2. The zero-order valence-electron chi connectivity index (χ0n) is 17.3. The highest BCUT2D eigenvalue weighted by molar-refractivity contribution is 5.86. The summed E-state index contributed by atoms with van der Waals surface area (Å²) in [5, 5.41) is 0. The monoisotopic (exact) mass is 404 g/mol. The maximum Gasteiger partial charge on any atom is 0.266 e. The number of nitrogens with zero attached hydrogens (tertiary/aromatic N) is 4. The molecule has 5 nitrogen and oxygen atoms in total. The van der Waals surface area contributed by atoms with Crippen LogP contribution < -0.4 is 4.90 Å². The van der Waals surface area contributed by atoms with Gasteiger partial charge in [-0.25, -0.2) is 9.97 Å². The van der Waals surface area contributed by atoms with Crippen LogP contribution in [0.25, 0.3) is 22.8 Å². The predicted octanol–water partition coefficient (Wildman–Crippen LogP) is 6.39. The number of fused-ring (bicyclic) bond motifs is 3. The molecule has 2 aromatic heterocycles. The van der Waals surface area contributed by atoms with Crippen molar-refractivity contribution in [3.8, 4) is 11.5 Å². The summed E-state index contributed by atoms with van der Waals surface area (Å²) in [5.41, 5.74) is 7.91. The van der Waals surface area contributed by atoms with Crippen molar-refractivity contribution in [2.45, 2.75) is 19.3 Å². The van der Waals surface area contributed by atoms with Crippen molar-refractivity contribution >= 4 is 28.4 Å². The zero-order chi connectivity index (χ0) is 21.0. The lowest BCUT2D eigenvalue weighted by Gasteiger charge is -2.42. The summed E-state index contributed by atoms with van der Waals surface area (Å²) in [6, 6.07) is 25.6. The van der Waals surface area contributed by atoms with E-state index in [4.69, 9.17) is 4.42 Å². The van der Waals surface area contributed by atoms with Gasteiger partial charge in [0.2, 0.25) is 11.5 Å². The minimum Gasteiger partial charge on any atom is -0.416 e. The molecular formula is C26H20N4O. The smallest absolute Gasteiger partial charge is 0.266 e. The van der Waals surface area contributed by atoms with Crippen LogP contribution in [-0.2, 0) is 5.41 Å². The van der Waals surface area contributed by atoms with Gasteiger partial charge in [0.05, 0.1) is 11.4 Å². The van der Waals surface area contributed by atoms with Crippen LogP contribution in [0.1, 0.15) is 25.0 Å². The first-order chi connectivity index (χ1) is 15.1. The summed E-state index contributed by atoms with van der Waals surface area (Å²) in [5.74, 6) is 0.522. The van der Waals surface area contributed by atoms with Crippen LogP contribution in [0, 0.1) is 0 Å². The molecule has 0 radical (unpaired) electrons. The first kappa shape index (κ1) is 17.8. The molecule has 0 atom stereocenters. The molecule has 5 aromatic rings. The lowest BCUT2D eigenvalue weighted by Crippen LogP contribution is -2.30. The van der Waals surface area contributed by atoms with Crippen LogP contribution in [0.15, 0.2) is 89.6 Å². The van der Waals surface area contributed by atoms with E-state index in [0.717, 1.165) is 11.3 Å². The van der Waals surface area contributed by atoms with E-state index in [0.29, 0.717) is 17.3 Å². The van der Waals surface area contributed by atoms with Crippen molar-refractivity contribution in [3.63, 3.8) is 0 Å². The van der Waals surface area contributed by atoms with E-state index in [-0.39, 0.29) is 5.41 Å². The maximum atomic E-state index is 5.78. The van der Waals surface area contributed by atoms with Crippen LogP contribution in [0.4, 0.5) is 17.1 Å². The van der Waals surface area contributed by atoms with Gasteiger partial charge in [0.25, 0.3) is 5.71 Å². The Hall–Kier alpha value is -3.99. The Balaban J connectivity index is 1.47. The first-order valence-electron chi connectivity index (χ1n) is 10.3. The third-order valence-electron chi connectivity index (χ3n) is 6.06. The Morgan fingerprint density at radius 2 is 1.35 bits per heavy atom. The highest BCUT2D eigenvalue weighted by Gasteiger charge is 2.36. The Bertz CT molecular complexity index is 1340. The van der Waals surface area contributed by atoms with Crippen LogP contribution in [-0.4, -0.2) is 15.0 Å². The summed E-state index contributed by atoms with van der Waals surface area (Å²) in [6.45, 7) is 4.58. The van der Waals surface area contributed by atoms with Gasteiger partial charge in [-0.2, -0.15) is 4.98 Å². The summed E-state index contributed by atoms with van der Waals surface area (Å²) in [6.07, 6.45) is 3.22. The fourth-order valence-electron chi connectivity index (χ4n) is 4.50. The largest absolute Gasteiger partial charge is 0.416 e. The van der Waals surface area contributed by atoms with E-state index in [1.54, 1.807) is 12.4 Å². The molecule has 3 heterocycles. The average molecular weight is 404 g/mol. The molecule has 5 heteroatoms. The quantitative estimate of drug-likeness (QED) is 0.341. The van der Waals surface area contributed by atoms with Crippen molar-refractivity contribution in [2.24, 2.45) is 0 Å². The van der Waals surface area contributed by atoms with Gasteiger partial charge in [0.15, 0.2) is 0 Å². The van der Waals surface area contributed by atoms with Gasteiger partial charge in [0.1, 0.15) is 0 Å². The minimum absolute atomic E-state index is 0.0676. The molecule has 0 spiro atoms. The summed E-state index contributed by atoms with van der Waals surface area (Å²) >= 11 is 0. The van der Waals surface area contributed by atoms with Crippen molar-refractivity contribution in [3.05, 3.63) is 96.3 Å². The molecule has 0 amide bonds. The lowest BCUT2D eigenvalue weighted by molar-refractivity contribution is 0.607. The first-order valence-corrected chi connectivity index (χ1v) is 10.3. The molecule has 1 aliphatic rings. The molecule has 3 aromatic carbocycles. The van der Waals surface area contributed by atoms with Gasteiger partial charge in [-0.05, 0) is 47.5 Å². The number of aromatic nitrogens is 3. The van der Waals surface area contributed by atoms with E-state index < -0.39 is 0 Å². The number of anilines is 3. The fraction of sp³-hybridized carbons (Fsp3) is 0.115. The molecule has 31 heavy (non-hydrogen) atoms. The SMILES string of the molecule is CC1(C)c2ccccc2N(c2ccc(-c3nc4nccnc4o3)cc2)c2ccccc21. The molecule has 0 bridgehead atoms. The van der Waals surface area contributed by atoms with E-state index in [1.807, 2.05) is 12.1 Å². The predicted molar refractivity (Wildman–Crippen MR) is 122 cm³/mol. The van der Waals surface area contributed by atoms with Crippen LogP contribution in [0.5, 0.6) is 0 Å². The number of oxazole rings is 1. The second-order valence-corrected chi connectivity index (χ2v) is 8.25. The molecule has 0 saturated heterocycles. The molecule has 0 saturated carbocycles. The fourth-order valence-corrected chi connectivity index (χ4v) is 4.50. The van der Waals surface area contributed by atoms with Crippen molar-refractivity contribution in [2.75, 3.05) is 4.90 Å². The van der Waals surface area contributed by atoms with E-state index in [2.05, 4.69) is 94.4 Å². The van der Waals surface area contributed by atoms with Gasteiger partial charge in [0, 0.05) is 29.1 Å². The Morgan fingerprint density at radius 1 is 0.742 bits per heavy atom. The third kappa shape index (κ3) is 2.66. The Labute approximate surface area is 180 Å². The Morgan fingerprint density at radius 3 is 2.00 bits per heavy atom. The van der Waals surface area contributed by atoms with Gasteiger partial charge < -0.3 is 9.32 Å². The second-order valence-electron chi connectivity index (χ2n) is 8.25. The number of hydrogen-bond donors (Lipinski definition) is 0. The number of para-hydroxylation sites is 2.